The van der Waals surface area contributed by atoms with Gasteiger partial charge < -0.3 is 9.80 Å². The lowest BCUT2D eigenvalue weighted by atomic mass is 9.79. The Labute approximate surface area is 138 Å². The second kappa shape index (κ2) is 5.62. The van der Waals surface area contributed by atoms with E-state index in [1.165, 1.54) is 45.3 Å². The number of amides is 1. The van der Waals surface area contributed by atoms with Gasteiger partial charge in [0.15, 0.2) is 0 Å². The molecule has 0 radical (unpaired) electrons. The number of carbonyl (C=O) groups is 1. The number of nitrogens with zero attached hydrogens (tertiary/aromatic N) is 4. The molecule has 0 N–H and O–H groups in total. The SMILES string of the molecule is Cc1cc(C(=O)N2CCC3(CCCN(CC4CC4)C3)C2)n(C)n1. The maximum atomic E-state index is 12.8. The van der Waals surface area contributed by atoms with Crippen LogP contribution in [0.5, 0.6) is 0 Å². The third kappa shape index (κ3) is 3.03. The maximum Gasteiger partial charge on any atom is 0.272 e. The van der Waals surface area contributed by atoms with Crippen molar-refractivity contribution in [2.45, 2.75) is 39.0 Å². The van der Waals surface area contributed by atoms with Gasteiger partial charge in [-0.3, -0.25) is 9.48 Å². The van der Waals surface area contributed by atoms with Crippen LogP contribution in [0.25, 0.3) is 0 Å². The third-order valence-electron chi connectivity index (χ3n) is 5.90. The average molecular weight is 316 g/mol. The van der Waals surface area contributed by atoms with Gasteiger partial charge >= 0.3 is 0 Å². The minimum absolute atomic E-state index is 0.157. The monoisotopic (exact) mass is 316 g/mol. The first kappa shape index (κ1) is 15.2. The summed E-state index contributed by atoms with van der Waals surface area (Å²) in [6.07, 6.45) is 6.58. The molecule has 1 amide bonds. The summed E-state index contributed by atoms with van der Waals surface area (Å²) in [6.45, 7) is 7.51. The zero-order chi connectivity index (χ0) is 16.0. The summed E-state index contributed by atoms with van der Waals surface area (Å²) in [5.74, 6) is 1.12. The lowest BCUT2D eigenvalue weighted by molar-refractivity contribution is 0.0673. The van der Waals surface area contributed by atoms with Crippen LogP contribution >= 0.6 is 0 Å². The Morgan fingerprint density at radius 1 is 1.30 bits per heavy atom. The van der Waals surface area contributed by atoms with Gasteiger partial charge in [0, 0.05) is 38.6 Å². The van der Waals surface area contributed by atoms with Crippen LogP contribution in [0.2, 0.25) is 0 Å². The molecule has 126 valence electrons. The molecule has 3 aliphatic rings. The molecule has 0 aromatic carbocycles. The Hall–Kier alpha value is -1.36. The molecule has 1 atom stereocenters. The van der Waals surface area contributed by atoms with Crippen LogP contribution in [-0.4, -0.2) is 58.2 Å². The van der Waals surface area contributed by atoms with Gasteiger partial charge in [0.05, 0.1) is 5.69 Å². The van der Waals surface area contributed by atoms with Gasteiger partial charge in [0.1, 0.15) is 5.69 Å². The van der Waals surface area contributed by atoms with Gasteiger partial charge in [-0.05, 0) is 57.6 Å². The zero-order valence-electron chi connectivity index (χ0n) is 14.4. The van der Waals surface area contributed by atoms with E-state index in [0.717, 1.165) is 36.8 Å². The molecule has 5 nitrogen and oxygen atoms in total. The lowest BCUT2D eigenvalue weighted by Gasteiger charge is -2.40. The first-order valence-corrected chi connectivity index (χ1v) is 9.07. The Kier molecular flexibility index (Phi) is 3.71. The van der Waals surface area contributed by atoms with Gasteiger partial charge in [-0.2, -0.15) is 5.10 Å². The molecule has 1 saturated carbocycles. The van der Waals surface area contributed by atoms with E-state index in [1.54, 1.807) is 4.68 Å². The smallest absolute Gasteiger partial charge is 0.272 e. The minimum Gasteiger partial charge on any atom is -0.337 e. The van der Waals surface area contributed by atoms with E-state index < -0.39 is 0 Å². The van der Waals surface area contributed by atoms with Crippen molar-refractivity contribution in [2.24, 2.45) is 18.4 Å². The molecule has 1 spiro atoms. The van der Waals surface area contributed by atoms with Crippen LogP contribution < -0.4 is 0 Å². The standard InChI is InChI=1S/C18H28N4O/c1-14-10-16(20(2)19-14)17(23)22-9-7-18(13-22)6-3-8-21(12-18)11-15-4-5-15/h10,15H,3-9,11-13H2,1-2H3. The van der Waals surface area contributed by atoms with E-state index >= 15 is 0 Å². The zero-order valence-corrected chi connectivity index (χ0v) is 14.4. The molecular weight excluding hydrogens is 288 g/mol. The molecule has 1 aromatic heterocycles. The van der Waals surface area contributed by atoms with E-state index in [2.05, 4.69) is 14.9 Å². The third-order valence-corrected chi connectivity index (χ3v) is 5.90. The lowest BCUT2D eigenvalue weighted by Crippen LogP contribution is -2.46. The number of rotatable bonds is 3. The molecule has 1 aliphatic carbocycles. The molecule has 2 saturated heterocycles. The van der Waals surface area contributed by atoms with E-state index in [1.807, 2.05) is 20.0 Å². The molecule has 2 aliphatic heterocycles. The minimum atomic E-state index is 0.157. The van der Waals surface area contributed by atoms with E-state index in [-0.39, 0.29) is 5.91 Å². The largest absolute Gasteiger partial charge is 0.337 e. The average Bonchev–Trinajstić information content (AvgIpc) is 3.13. The molecule has 0 bridgehead atoms. The summed E-state index contributed by atoms with van der Waals surface area (Å²) in [5, 5.41) is 4.32. The first-order chi connectivity index (χ1) is 11.0. The molecule has 5 heteroatoms. The first-order valence-electron chi connectivity index (χ1n) is 9.07. The van der Waals surface area contributed by atoms with Gasteiger partial charge in [0.25, 0.3) is 5.91 Å². The molecular formula is C18H28N4O. The molecule has 3 heterocycles. The molecule has 1 aromatic rings. The summed E-state index contributed by atoms with van der Waals surface area (Å²) in [6, 6.07) is 1.91. The van der Waals surface area contributed by atoms with Crippen LogP contribution in [0.3, 0.4) is 0 Å². The maximum absolute atomic E-state index is 12.8. The van der Waals surface area contributed by atoms with Crippen LogP contribution in [0.15, 0.2) is 6.07 Å². The van der Waals surface area contributed by atoms with Crippen molar-refractivity contribution in [3.8, 4) is 0 Å². The van der Waals surface area contributed by atoms with Crippen molar-refractivity contribution in [3.63, 3.8) is 0 Å². The highest BCUT2D eigenvalue weighted by Gasteiger charge is 2.43. The van der Waals surface area contributed by atoms with Crippen LogP contribution in [-0.2, 0) is 7.05 Å². The Bertz CT molecular complexity index is 606. The number of aromatic nitrogens is 2. The van der Waals surface area contributed by atoms with Crippen LogP contribution in [0.1, 0.15) is 48.3 Å². The van der Waals surface area contributed by atoms with E-state index in [4.69, 9.17) is 0 Å². The normalized spacial score (nSPS) is 28.7. The van der Waals surface area contributed by atoms with Crippen LogP contribution in [0.4, 0.5) is 0 Å². The van der Waals surface area contributed by atoms with Crippen molar-refractivity contribution >= 4 is 5.91 Å². The number of aryl methyl sites for hydroxylation is 2. The summed E-state index contributed by atoms with van der Waals surface area (Å²) in [5.41, 5.74) is 1.99. The summed E-state index contributed by atoms with van der Waals surface area (Å²) in [7, 11) is 1.87. The molecule has 23 heavy (non-hydrogen) atoms. The summed E-state index contributed by atoms with van der Waals surface area (Å²) >= 11 is 0. The second-order valence-corrected chi connectivity index (χ2v) is 8.05. The fraction of sp³-hybridized carbons (Fsp3) is 0.778. The van der Waals surface area contributed by atoms with Crippen molar-refractivity contribution in [1.82, 2.24) is 19.6 Å². The summed E-state index contributed by atoms with van der Waals surface area (Å²) < 4.78 is 1.73. The van der Waals surface area contributed by atoms with Crippen molar-refractivity contribution < 1.29 is 4.79 Å². The Morgan fingerprint density at radius 3 is 2.83 bits per heavy atom. The highest BCUT2D eigenvalue weighted by molar-refractivity contribution is 5.93. The van der Waals surface area contributed by atoms with Crippen LogP contribution in [0, 0.1) is 18.3 Å². The van der Waals surface area contributed by atoms with Gasteiger partial charge in [0.2, 0.25) is 0 Å². The van der Waals surface area contributed by atoms with Gasteiger partial charge in [-0.1, -0.05) is 0 Å². The fourth-order valence-electron chi connectivity index (χ4n) is 4.55. The summed E-state index contributed by atoms with van der Waals surface area (Å²) in [4.78, 5) is 17.6. The Balaban J connectivity index is 1.43. The van der Waals surface area contributed by atoms with E-state index in [9.17, 15) is 4.79 Å². The van der Waals surface area contributed by atoms with Crippen molar-refractivity contribution in [3.05, 3.63) is 17.5 Å². The highest BCUT2D eigenvalue weighted by atomic mass is 16.2. The number of piperidine rings is 1. The number of likely N-dealkylation sites (tertiary alicyclic amines) is 2. The molecule has 4 rings (SSSR count). The Morgan fingerprint density at radius 2 is 2.13 bits per heavy atom. The van der Waals surface area contributed by atoms with Crippen molar-refractivity contribution in [2.75, 3.05) is 32.7 Å². The highest BCUT2D eigenvalue weighted by Crippen LogP contribution is 2.41. The van der Waals surface area contributed by atoms with E-state index in [0.29, 0.717) is 5.41 Å². The molecule has 1 unspecified atom stereocenters. The topological polar surface area (TPSA) is 41.4 Å². The number of hydrogen-bond acceptors (Lipinski definition) is 3. The second-order valence-electron chi connectivity index (χ2n) is 8.05. The molecule has 3 fully saturated rings. The van der Waals surface area contributed by atoms with Gasteiger partial charge in [-0.15, -0.1) is 0 Å². The fourth-order valence-corrected chi connectivity index (χ4v) is 4.55. The predicted molar refractivity (Wildman–Crippen MR) is 89.3 cm³/mol. The number of carbonyl (C=O) groups excluding carboxylic acids is 1. The predicted octanol–water partition coefficient (Wildman–Crippen LogP) is 2.07. The van der Waals surface area contributed by atoms with Crippen molar-refractivity contribution in [1.29, 1.82) is 0 Å². The number of hydrogen-bond donors (Lipinski definition) is 0. The quantitative estimate of drug-likeness (QED) is 0.857. The van der Waals surface area contributed by atoms with Gasteiger partial charge in [-0.25, -0.2) is 0 Å².